The molecule has 0 heterocycles. The molecule has 24 heavy (non-hydrogen) atoms. The Labute approximate surface area is 146 Å². The predicted molar refractivity (Wildman–Crippen MR) is 94.6 cm³/mol. The highest BCUT2D eigenvalue weighted by Crippen LogP contribution is 2.61. The molecule has 4 heteroatoms. The summed E-state index contributed by atoms with van der Waals surface area (Å²) in [5.41, 5.74) is 0.838. The van der Waals surface area contributed by atoms with Gasteiger partial charge in [-0.15, -0.1) is 0 Å². The van der Waals surface area contributed by atoms with Gasteiger partial charge >= 0.3 is 5.97 Å². The zero-order valence-corrected chi connectivity index (χ0v) is 15.4. The SMILES string of the molecule is C[C@@H](CC[C@@]1(C)[C@@H](C)CC[C@@]2(CO)C(CO)=CCC[C@@H]21)CC(=O)O. The Balaban J connectivity index is 2.23. The molecule has 0 aromatic heterocycles. The van der Waals surface area contributed by atoms with Crippen LogP contribution in [0.5, 0.6) is 0 Å². The van der Waals surface area contributed by atoms with Crippen LogP contribution in [0.3, 0.4) is 0 Å². The van der Waals surface area contributed by atoms with E-state index >= 15 is 0 Å². The first-order valence-electron chi connectivity index (χ1n) is 9.43. The molecule has 0 aromatic carbocycles. The molecule has 0 spiro atoms. The van der Waals surface area contributed by atoms with E-state index in [0.29, 0.717) is 11.8 Å². The molecule has 5 atom stereocenters. The minimum atomic E-state index is -0.725. The van der Waals surface area contributed by atoms with Crippen molar-refractivity contribution in [2.75, 3.05) is 13.2 Å². The van der Waals surface area contributed by atoms with Gasteiger partial charge in [0.15, 0.2) is 0 Å². The van der Waals surface area contributed by atoms with Crippen LogP contribution in [0, 0.1) is 28.6 Å². The molecular weight excluding hydrogens is 304 g/mol. The van der Waals surface area contributed by atoms with Gasteiger partial charge in [-0.1, -0.05) is 26.8 Å². The Bertz CT molecular complexity index is 486. The van der Waals surface area contributed by atoms with Gasteiger partial charge in [0.05, 0.1) is 13.2 Å². The molecule has 2 aliphatic rings. The Morgan fingerprint density at radius 2 is 2.08 bits per heavy atom. The lowest BCUT2D eigenvalue weighted by atomic mass is 9.46. The van der Waals surface area contributed by atoms with Crippen molar-refractivity contribution < 1.29 is 20.1 Å². The Morgan fingerprint density at radius 3 is 2.67 bits per heavy atom. The highest BCUT2D eigenvalue weighted by atomic mass is 16.4. The first-order valence-corrected chi connectivity index (χ1v) is 9.43. The second kappa shape index (κ2) is 7.57. The maximum Gasteiger partial charge on any atom is 0.303 e. The van der Waals surface area contributed by atoms with E-state index in [2.05, 4.69) is 19.9 Å². The smallest absolute Gasteiger partial charge is 0.303 e. The van der Waals surface area contributed by atoms with Crippen molar-refractivity contribution in [3.8, 4) is 0 Å². The van der Waals surface area contributed by atoms with E-state index in [4.69, 9.17) is 5.11 Å². The summed E-state index contributed by atoms with van der Waals surface area (Å²) in [5.74, 6) is 0.366. The van der Waals surface area contributed by atoms with Gasteiger partial charge in [0.2, 0.25) is 0 Å². The molecule has 0 aromatic rings. The fraction of sp³-hybridized carbons (Fsp3) is 0.850. The molecule has 3 N–H and O–H groups in total. The van der Waals surface area contributed by atoms with Gasteiger partial charge in [0.1, 0.15) is 0 Å². The quantitative estimate of drug-likeness (QED) is 0.620. The van der Waals surface area contributed by atoms with Crippen molar-refractivity contribution in [3.63, 3.8) is 0 Å². The van der Waals surface area contributed by atoms with E-state index in [0.717, 1.165) is 44.1 Å². The van der Waals surface area contributed by atoms with E-state index in [1.165, 1.54) is 0 Å². The third-order valence-electron chi connectivity index (χ3n) is 7.25. The lowest BCUT2D eigenvalue weighted by Gasteiger charge is -2.59. The fourth-order valence-corrected chi connectivity index (χ4v) is 5.46. The molecule has 0 unspecified atom stereocenters. The highest BCUT2D eigenvalue weighted by molar-refractivity contribution is 5.66. The van der Waals surface area contributed by atoms with E-state index in [1.54, 1.807) is 0 Å². The fourth-order valence-electron chi connectivity index (χ4n) is 5.46. The maximum absolute atomic E-state index is 10.9. The number of aliphatic hydroxyl groups is 2. The van der Waals surface area contributed by atoms with Gasteiger partial charge in [-0.3, -0.25) is 4.79 Å². The molecule has 138 valence electrons. The number of carboxylic acids is 1. The van der Waals surface area contributed by atoms with E-state index in [9.17, 15) is 15.0 Å². The summed E-state index contributed by atoms with van der Waals surface area (Å²) in [7, 11) is 0. The molecule has 0 amide bonds. The summed E-state index contributed by atoms with van der Waals surface area (Å²) < 4.78 is 0. The minimum Gasteiger partial charge on any atom is -0.481 e. The van der Waals surface area contributed by atoms with Gasteiger partial charge in [0.25, 0.3) is 0 Å². The van der Waals surface area contributed by atoms with E-state index in [1.807, 2.05) is 6.92 Å². The average Bonchev–Trinajstić information content (AvgIpc) is 2.55. The zero-order valence-electron chi connectivity index (χ0n) is 15.4. The number of hydrogen-bond donors (Lipinski definition) is 3. The van der Waals surface area contributed by atoms with Gasteiger partial charge < -0.3 is 15.3 Å². The second-order valence-electron chi connectivity index (χ2n) is 8.52. The van der Waals surface area contributed by atoms with Crippen LogP contribution in [0.2, 0.25) is 0 Å². The zero-order chi connectivity index (χ0) is 18.0. The molecule has 0 saturated heterocycles. The van der Waals surface area contributed by atoms with Crippen LogP contribution in [0.1, 0.15) is 65.7 Å². The van der Waals surface area contributed by atoms with Crippen molar-refractivity contribution in [3.05, 3.63) is 11.6 Å². The molecule has 0 radical (unpaired) electrons. The monoisotopic (exact) mass is 338 g/mol. The molecule has 1 fully saturated rings. The molecule has 4 nitrogen and oxygen atoms in total. The van der Waals surface area contributed by atoms with Crippen molar-refractivity contribution in [1.82, 2.24) is 0 Å². The largest absolute Gasteiger partial charge is 0.481 e. The van der Waals surface area contributed by atoms with Crippen LogP contribution in [0.4, 0.5) is 0 Å². The number of hydrogen-bond acceptors (Lipinski definition) is 3. The summed E-state index contributed by atoms with van der Waals surface area (Å²) in [5, 5.41) is 29.1. The predicted octanol–water partition coefficient (Wildman–Crippen LogP) is 3.62. The Morgan fingerprint density at radius 1 is 1.38 bits per heavy atom. The molecular formula is C20H34O4. The molecule has 2 aliphatic carbocycles. The summed E-state index contributed by atoms with van der Waals surface area (Å²) in [6, 6.07) is 0. The summed E-state index contributed by atoms with van der Waals surface area (Å²) in [4.78, 5) is 10.9. The number of fused-ring (bicyclic) bond motifs is 1. The lowest BCUT2D eigenvalue weighted by molar-refractivity contribution is -0.138. The van der Waals surface area contributed by atoms with Crippen LogP contribution in [0.25, 0.3) is 0 Å². The second-order valence-corrected chi connectivity index (χ2v) is 8.52. The van der Waals surface area contributed by atoms with Crippen LogP contribution in [-0.4, -0.2) is 34.5 Å². The van der Waals surface area contributed by atoms with Gasteiger partial charge in [-0.05, 0) is 67.3 Å². The van der Waals surface area contributed by atoms with Crippen LogP contribution in [0.15, 0.2) is 11.6 Å². The highest BCUT2D eigenvalue weighted by Gasteiger charge is 2.55. The lowest BCUT2D eigenvalue weighted by Crippen LogP contribution is -2.53. The van der Waals surface area contributed by atoms with Crippen LogP contribution in [-0.2, 0) is 4.79 Å². The number of aliphatic carboxylic acids is 1. The van der Waals surface area contributed by atoms with E-state index in [-0.39, 0.29) is 36.4 Å². The molecule has 0 aliphatic heterocycles. The van der Waals surface area contributed by atoms with Gasteiger partial charge in [-0.25, -0.2) is 0 Å². The maximum atomic E-state index is 10.9. The topological polar surface area (TPSA) is 77.8 Å². The number of rotatable bonds is 7. The number of carboxylic acid groups (broad SMARTS) is 1. The number of allylic oxidation sites excluding steroid dienone is 1. The average molecular weight is 338 g/mol. The Kier molecular flexibility index (Phi) is 6.14. The minimum absolute atomic E-state index is 0.0386. The number of carbonyl (C=O) groups is 1. The first-order chi connectivity index (χ1) is 11.3. The summed E-state index contributed by atoms with van der Waals surface area (Å²) in [6.45, 7) is 6.80. The molecule has 1 saturated carbocycles. The molecule has 0 bridgehead atoms. The van der Waals surface area contributed by atoms with Gasteiger partial charge in [-0.2, -0.15) is 0 Å². The van der Waals surface area contributed by atoms with E-state index < -0.39 is 5.97 Å². The standard InChI is InChI=1S/C20H34O4/c1-14(11-18(23)24)7-9-19(3)15(2)8-10-20(13-22)16(12-21)5-4-6-17(19)20/h5,14-15,17,21-22H,4,6-13H2,1-3H3,(H,23,24)/t14-,15-,17+,19-,20+/m0/s1. The normalized spacial score (nSPS) is 37.5. The third kappa shape index (κ3) is 3.41. The first kappa shape index (κ1) is 19.5. The third-order valence-corrected chi connectivity index (χ3v) is 7.25. The van der Waals surface area contributed by atoms with Crippen molar-refractivity contribution in [2.24, 2.45) is 28.6 Å². The summed E-state index contributed by atoms with van der Waals surface area (Å²) >= 11 is 0. The number of aliphatic hydroxyl groups excluding tert-OH is 2. The van der Waals surface area contributed by atoms with Crippen molar-refractivity contribution in [2.45, 2.75) is 65.7 Å². The molecule has 2 rings (SSSR count). The van der Waals surface area contributed by atoms with Crippen molar-refractivity contribution >= 4 is 5.97 Å². The van der Waals surface area contributed by atoms with Crippen molar-refractivity contribution in [1.29, 1.82) is 0 Å². The van der Waals surface area contributed by atoms with Gasteiger partial charge in [0, 0.05) is 11.8 Å². The van der Waals surface area contributed by atoms with Crippen LogP contribution < -0.4 is 0 Å². The summed E-state index contributed by atoms with van der Waals surface area (Å²) in [6.07, 6.45) is 8.28. The van der Waals surface area contributed by atoms with Crippen LogP contribution >= 0.6 is 0 Å². The Hall–Kier alpha value is -0.870.